The predicted octanol–water partition coefficient (Wildman–Crippen LogP) is 3.06. The highest BCUT2D eigenvalue weighted by Crippen LogP contribution is 2.40. The first-order chi connectivity index (χ1) is 9.56. The van der Waals surface area contributed by atoms with Crippen LogP contribution < -0.4 is 14.8 Å². The van der Waals surface area contributed by atoms with Crippen LogP contribution in [0.5, 0.6) is 11.5 Å². The molecule has 0 amide bonds. The summed E-state index contributed by atoms with van der Waals surface area (Å²) in [4.78, 5) is 0. The summed E-state index contributed by atoms with van der Waals surface area (Å²) < 4.78 is 10.8. The van der Waals surface area contributed by atoms with Gasteiger partial charge in [0.2, 0.25) is 0 Å². The van der Waals surface area contributed by atoms with E-state index in [1.165, 1.54) is 19.3 Å². The molecule has 0 heterocycles. The van der Waals surface area contributed by atoms with E-state index in [1.807, 2.05) is 18.2 Å². The molecule has 0 radical (unpaired) electrons. The molecule has 1 aliphatic carbocycles. The van der Waals surface area contributed by atoms with Gasteiger partial charge in [0.25, 0.3) is 0 Å². The van der Waals surface area contributed by atoms with Crippen molar-refractivity contribution in [2.24, 2.45) is 5.41 Å². The molecule has 1 unspecified atom stereocenters. The standard InChI is InChI=1S/C16H25NO3/c1-16(2)8-4-5-15(16)17-12-6-7-13(19-3)14(11-12)20-10-9-18/h6-7,11,15,17-18H,4-5,8-10H2,1-3H3. The lowest BCUT2D eigenvalue weighted by Gasteiger charge is -2.29. The van der Waals surface area contributed by atoms with E-state index in [4.69, 9.17) is 14.6 Å². The number of nitrogens with one attached hydrogen (secondary N) is 1. The fourth-order valence-corrected chi connectivity index (χ4v) is 2.83. The Hall–Kier alpha value is -1.42. The van der Waals surface area contributed by atoms with Crippen molar-refractivity contribution >= 4 is 5.69 Å². The number of ether oxygens (including phenoxy) is 2. The predicted molar refractivity (Wildman–Crippen MR) is 80.6 cm³/mol. The van der Waals surface area contributed by atoms with Gasteiger partial charge < -0.3 is 19.9 Å². The van der Waals surface area contributed by atoms with Crippen LogP contribution in [-0.4, -0.2) is 31.5 Å². The van der Waals surface area contributed by atoms with Gasteiger partial charge in [-0.3, -0.25) is 0 Å². The Bertz CT molecular complexity index is 445. The normalized spacial score (nSPS) is 20.7. The van der Waals surface area contributed by atoms with Crippen molar-refractivity contribution in [1.29, 1.82) is 0 Å². The highest BCUT2D eigenvalue weighted by Gasteiger charge is 2.34. The van der Waals surface area contributed by atoms with Crippen molar-refractivity contribution < 1.29 is 14.6 Å². The van der Waals surface area contributed by atoms with Crippen LogP contribution in [0.1, 0.15) is 33.1 Å². The van der Waals surface area contributed by atoms with E-state index in [-0.39, 0.29) is 13.2 Å². The molecular formula is C16H25NO3. The molecule has 0 spiro atoms. The van der Waals surface area contributed by atoms with Crippen molar-refractivity contribution in [2.45, 2.75) is 39.2 Å². The molecule has 1 fully saturated rings. The van der Waals surface area contributed by atoms with Gasteiger partial charge in [0.05, 0.1) is 13.7 Å². The molecule has 1 aromatic carbocycles. The summed E-state index contributed by atoms with van der Waals surface area (Å²) in [6, 6.07) is 6.35. The van der Waals surface area contributed by atoms with Gasteiger partial charge in [-0.25, -0.2) is 0 Å². The van der Waals surface area contributed by atoms with Crippen LogP contribution in [0.15, 0.2) is 18.2 Å². The van der Waals surface area contributed by atoms with Gasteiger partial charge >= 0.3 is 0 Å². The monoisotopic (exact) mass is 279 g/mol. The Morgan fingerprint density at radius 3 is 2.75 bits per heavy atom. The maximum absolute atomic E-state index is 8.88. The largest absolute Gasteiger partial charge is 0.493 e. The first kappa shape index (κ1) is 15.0. The summed E-state index contributed by atoms with van der Waals surface area (Å²) in [6.45, 7) is 4.89. The molecule has 2 rings (SSSR count). The quantitative estimate of drug-likeness (QED) is 0.840. The molecule has 2 N–H and O–H groups in total. The summed E-state index contributed by atoms with van der Waals surface area (Å²) >= 11 is 0. The number of anilines is 1. The number of hydrogen-bond acceptors (Lipinski definition) is 4. The number of aliphatic hydroxyl groups excluding tert-OH is 1. The summed E-state index contributed by atoms with van der Waals surface area (Å²) in [6.07, 6.45) is 3.73. The van der Waals surface area contributed by atoms with Crippen molar-refractivity contribution in [3.63, 3.8) is 0 Å². The molecule has 112 valence electrons. The highest BCUT2D eigenvalue weighted by atomic mass is 16.5. The lowest BCUT2D eigenvalue weighted by Crippen LogP contribution is -2.30. The fraction of sp³-hybridized carbons (Fsp3) is 0.625. The zero-order chi connectivity index (χ0) is 14.6. The zero-order valence-corrected chi connectivity index (χ0v) is 12.6. The molecule has 1 aliphatic rings. The molecular weight excluding hydrogens is 254 g/mol. The summed E-state index contributed by atoms with van der Waals surface area (Å²) in [5.41, 5.74) is 1.37. The van der Waals surface area contributed by atoms with E-state index >= 15 is 0 Å². The number of hydrogen-bond donors (Lipinski definition) is 2. The molecule has 0 aliphatic heterocycles. The van der Waals surface area contributed by atoms with Crippen molar-refractivity contribution in [3.8, 4) is 11.5 Å². The molecule has 1 atom stereocenters. The second kappa shape index (κ2) is 6.35. The molecule has 20 heavy (non-hydrogen) atoms. The number of aliphatic hydroxyl groups is 1. The smallest absolute Gasteiger partial charge is 0.163 e. The van der Waals surface area contributed by atoms with Crippen LogP contribution in [0, 0.1) is 5.41 Å². The maximum atomic E-state index is 8.88. The first-order valence-corrected chi connectivity index (χ1v) is 7.25. The Balaban J connectivity index is 2.12. The van der Waals surface area contributed by atoms with Gasteiger partial charge in [0, 0.05) is 17.8 Å². The minimum Gasteiger partial charge on any atom is -0.493 e. The third-order valence-electron chi connectivity index (χ3n) is 4.11. The molecule has 1 aromatic rings. The Kier molecular flexibility index (Phi) is 4.76. The Morgan fingerprint density at radius 1 is 1.35 bits per heavy atom. The van der Waals surface area contributed by atoms with Gasteiger partial charge in [-0.15, -0.1) is 0 Å². The average molecular weight is 279 g/mol. The van der Waals surface area contributed by atoms with Gasteiger partial charge in [0.15, 0.2) is 11.5 Å². The van der Waals surface area contributed by atoms with Crippen LogP contribution >= 0.6 is 0 Å². The minimum absolute atomic E-state index is 0.00351. The second-order valence-corrected chi connectivity index (χ2v) is 6.02. The van der Waals surface area contributed by atoms with E-state index in [1.54, 1.807) is 7.11 Å². The number of methoxy groups -OCH3 is 1. The van der Waals surface area contributed by atoms with Gasteiger partial charge in [0.1, 0.15) is 6.61 Å². The maximum Gasteiger partial charge on any atom is 0.163 e. The molecule has 1 saturated carbocycles. The van der Waals surface area contributed by atoms with Crippen LogP contribution in [0.4, 0.5) is 5.69 Å². The first-order valence-electron chi connectivity index (χ1n) is 7.25. The van der Waals surface area contributed by atoms with Gasteiger partial charge in [-0.05, 0) is 30.4 Å². The zero-order valence-electron chi connectivity index (χ0n) is 12.6. The summed E-state index contributed by atoms with van der Waals surface area (Å²) in [5.74, 6) is 1.36. The average Bonchev–Trinajstić information content (AvgIpc) is 2.76. The van der Waals surface area contributed by atoms with E-state index in [0.717, 1.165) is 5.69 Å². The topological polar surface area (TPSA) is 50.7 Å². The lowest BCUT2D eigenvalue weighted by molar-refractivity contribution is 0.196. The summed E-state index contributed by atoms with van der Waals surface area (Å²) in [7, 11) is 1.62. The number of benzene rings is 1. The minimum atomic E-state index is -0.00351. The van der Waals surface area contributed by atoms with Crippen molar-refractivity contribution in [2.75, 3.05) is 25.6 Å². The van der Waals surface area contributed by atoms with Gasteiger partial charge in [-0.1, -0.05) is 20.3 Å². The third-order valence-corrected chi connectivity index (χ3v) is 4.11. The fourth-order valence-electron chi connectivity index (χ4n) is 2.83. The summed E-state index contributed by atoms with van der Waals surface area (Å²) in [5, 5.41) is 12.5. The van der Waals surface area contributed by atoms with E-state index in [9.17, 15) is 0 Å². The third kappa shape index (κ3) is 3.37. The Labute approximate surface area is 121 Å². The van der Waals surface area contributed by atoms with Crippen LogP contribution in [0.3, 0.4) is 0 Å². The SMILES string of the molecule is COc1ccc(NC2CCCC2(C)C)cc1OCCO. The molecule has 0 saturated heterocycles. The lowest BCUT2D eigenvalue weighted by atomic mass is 9.87. The van der Waals surface area contributed by atoms with E-state index in [0.29, 0.717) is 23.0 Å². The van der Waals surface area contributed by atoms with Crippen LogP contribution in [0.25, 0.3) is 0 Å². The Morgan fingerprint density at radius 2 is 2.15 bits per heavy atom. The second-order valence-electron chi connectivity index (χ2n) is 6.02. The molecule has 4 heteroatoms. The van der Waals surface area contributed by atoms with E-state index < -0.39 is 0 Å². The van der Waals surface area contributed by atoms with Crippen LogP contribution in [0.2, 0.25) is 0 Å². The van der Waals surface area contributed by atoms with E-state index in [2.05, 4.69) is 19.2 Å². The number of rotatable bonds is 6. The molecule has 0 bridgehead atoms. The molecule has 0 aromatic heterocycles. The van der Waals surface area contributed by atoms with Gasteiger partial charge in [-0.2, -0.15) is 0 Å². The molecule has 4 nitrogen and oxygen atoms in total. The van der Waals surface area contributed by atoms with Crippen molar-refractivity contribution in [3.05, 3.63) is 18.2 Å². The van der Waals surface area contributed by atoms with Crippen LogP contribution in [-0.2, 0) is 0 Å². The van der Waals surface area contributed by atoms with Crippen molar-refractivity contribution in [1.82, 2.24) is 0 Å². The highest BCUT2D eigenvalue weighted by molar-refractivity contribution is 5.55.